The van der Waals surface area contributed by atoms with Gasteiger partial charge >= 0.3 is 0 Å². The third-order valence-electron chi connectivity index (χ3n) is 5.00. The van der Waals surface area contributed by atoms with Crippen LogP contribution in [0.2, 0.25) is 5.02 Å². The molecule has 0 saturated carbocycles. The molecule has 0 aliphatic rings. The molecule has 0 saturated heterocycles. The Balaban J connectivity index is 1.42. The topological polar surface area (TPSA) is 80.0 Å². The van der Waals surface area contributed by atoms with Crippen molar-refractivity contribution in [3.63, 3.8) is 0 Å². The molecule has 0 atom stereocenters. The van der Waals surface area contributed by atoms with Crippen molar-refractivity contribution in [2.75, 3.05) is 22.9 Å². The number of carbonyl (C=O) groups excluding carboxylic acids is 1. The molecule has 0 spiro atoms. The highest BCUT2D eigenvalue weighted by atomic mass is 35.5. The van der Waals surface area contributed by atoms with Crippen molar-refractivity contribution in [3.05, 3.63) is 94.0 Å². The Hall–Kier alpha value is -3.35. The fourth-order valence-electron chi connectivity index (χ4n) is 3.37. The number of nitrogens with zero attached hydrogens (tertiary/aromatic N) is 1. The summed E-state index contributed by atoms with van der Waals surface area (Å²) in [4.78, 5) is 17.3. The highest BCUT2D eigenvalue weighted by Crippen LogP contribution is 2.27. The van der Waals surface area contributed by atoms with Crippen molar-refractivity contribution in [2.24, 2.45) is 0 Å². The molecule has 5 nitrogen and oxygen atoms in total. The molecule has 32 heavy (non-hydrogen) atoms. The summed E-state index contributed by atoms with van der Waals surface area (Å²) >= 11 is 7.47. The number of aromatic nitrogens is 1. The smallest absolute Gasteiger partial charge is 0.256 e. The van der Waals surface area contributed by atoms with Crippen LogP contribution in [0.15, 0.2) is 72.1 Å². The number of nitrogen functional groups attached to an aromatic ring is 1. The van der Waals surface area contributed by atoms with Crippen LogP contribution in [0, 0.1) is 6.92 Å². The first-order valence-electron chi connectivity index (χ1n) is 10.2. The molecular formula is C25H23ClN4OS. The second-order valence-corrected chi connectivity index (χ2v) is 8.77. The van der Waals surface area contributed by atoms with Gasteiger partial charge in [0.1, 0.15) is 0 Å². The maximum Gasteiger partial charge on any atom is 0.256 e. The van der Waals surface area contributed by atoms with Crippen LogP contribution in [-0.4, -0.2) is 17.4 Å². The third kappa shape index (κ3) is 5.46. The van der Waals surface area contributed by atoms with Crippen LogP contribution in [0.3, 0.4) is 0 Å². The lowest BCUT2D eigenvalue weighted by Crippen LogP contribution is -2.13. The van der Waals surface area contributed by atoms with Gasteiger partial charge in [0.15, 0.2) is 5.13 Å². The van der Waals surface area contributed by atoms with E-state index in [1.165, 1.54) is 11.3 Å². The van der Waals surface area contributed by atoms with Gasteiger partial charge in [0.25, 0.3) is 5.91 Å². The molecule has 162 valence electrons. The summed E-state index contributed by atoms with van der Waals surface area (Å²) in [6.45, 7) is 2.76. The van der Waals surface area contributed by atoms with E-state index < -0.39 is 0 Å². The number of halogens is 1. The average Bonchev–Trinajstić information content (AvgIpc) is 3.20. The Labute approximate surface area is 196 Å². The Morgan fingerprint density at radius 1 is 1.03 bits per heavy atom. The van der Waals surface area contributed by atoms with Gasteiger partial charge in [0, 0.05) is 40.3 Å². The lowest BCUT2D eigenvalue weighted by atomic mass is 9.97. The van der Waals surface area contributed by atoms with Gasteiger partial charge in [0.05, 0.1) is 5.69 Å². The minimum absolute atomic E-state index is 0.156. The first kappa shape index (κ1) is 21.9. The van der Waals surface area contributed by atoms with Crippen LogP contribution in [0.4, 0.5) is 16.5 Å². The number of nitrogens with one attached hydrogen (secondary N) is 2. The highest BCUT2D eigenvalue weighted by molar-refractivity contribution is 7.13. The van der Waals surface area contributed by atoms with Crippen LogP contribution in [0.5, 0.6) is 0 Å². The Morgan fingerprint density at radius 3 is 2.44 bits per heavy atom. The zero-order valence-corrected chi connectivity index (χ0v) is 19.1. The molecule has 1 amide bonds. The minimum Gasteiger partial charge on any atom is -0.385 e. The standard InChI is InChI=1S/C25H23ClN4OS/c1-16-2-11-22(23(14-16)17-3-5-18(26)6-4-17)24(31)29-20-9-7-19(8-10-20)28-13-12-21-15-32-25(27)30-21/h2-11,14-15,28H,12-13H2,1H3,(H2,27,30)(H,29,31). The summed E-state index contributed by atoms with van der Waals surface area (Å²) in [5.41, 5.74) is 11.9. The van der Waals surface area contributed by atoms with E-state index in [9.17, 15) is 4.79 Å². The number of hydrogen-bond acceptors (Lipinski definition) is 5. The van der Waals surface area contributed by atoms with E-state index in [0.717, 1.165) is 46.7 Å². The van der Waals surface area contributed by atoms with Crippen molar-refractivity contribution in [1.29, 1.82) is 0 Å². The summed E-state index contributed by atoms with van der Waals surface area (Å²) in [7, 11) is 0. The number of aryl methyl sites for hydroxylation is 1. The zero-order chi connectivity index (χ0) is 22.5. The maximum atomic E-state index is 13.0. The van der Waals surface area contributed by atoms with Gasteiger partial charge in [-0.1, -0.05) is 41.4 Å². The van der Waals surface area contributed by atoms with E-state index in [1.807, 2.05) is 79.0 Å². The van der Waals surface area contributed by atoms with Crippen molar-refractivity contribution in [1.82, 2.24) is 4.98 Å². The predicted molar refractivity (Wildman–Crippen MR) is 135 cm³/mol. The fourth-order valence-corrected chi connectivity index (χ4v) is 4.09. The molecule has 0 aliphatic heterocycles. The van der Waals surface area contributed by atoms with Crippen LogP contribution in [0.25, 0.3) is 11.1 Å². The molecule has 0 radical (unpaired) electrons. The van der Waals surface area contributed by atoms with Crippen molar-refractivity contribution >= 4 is 45.4 Å². The van der Waals surface area contributed by atoms with E-state index in [-0.39, 0.29) is 5.91 Å². The quantitative estimate of drug-likeness (QED) is 0.302. The number of nitrogens with two attached hydrogens (primary N) is 1. The molecular weight excluding hydrogens is 440 g/mol. The summed E-state index contributed by atoms with van der Waals surface area (Å²) in [5.74, 6) is -0.156. The second-order valence-electron chi connectivity index (χ2n) is 7.44. The first-order chi connectivity index (χ1) is 15.5. The van der Waals surface area contributed by atoms with Crippen LogP contribution in [0.1, 0.15) is 21.6 Å². The average molecular weight is 463 g/mol. The van der Waals surface area contributed by atoms with Gasteiger partial charge in [0.2, 0.25) is 0 Å². The van der Waals surface area contributed by atoms with Crippen molar-refractivity contribution in [2.45, 2.75) is 13.3 Å². The summed E-state index contributed by atoms with van der Waals surface area (Å²) in [5, 5.41) is 9.58. The molecule has 1 aromatic heterocycles. The molecule has 0 fully saturated rings. The maximum absolute atomic E-state index is 13.0. The number of hydrogen-bond donors (Lipinski definition) is 3. The fraction of sp³-hybridized carbons (Fsp3) is 0.120. The molecule has 4 rings (SSSR count). The first-order valence-corrected chi connectivity index (χ1v) is 11.5. The number of benzene rings is 3. The molecule has 0 bridgehead atoms. The minimum atomic E-state index is -0.156. The highest BCUT2D eigenvalue weighted by Gasteiger charge is 2.14. The number of anilines is 3. The van der Waals surface area contributed by atoms with Gasteiger partial charge in [-0.15, -0.1) is 11.3 Å². The Kier molecular flexibility index (Phi) is 6.73. The van der Waals surface area contributed by atoms with Gasteiger partial charge in [-0.2, -0.15) is 0 Å². The summed E-state index contributed by atoms with van der Waals surface area (Å²) in [6, 6.07) is 21.0. The third-order valence-corrected chi connectivity index (χ3v) is 5.97. The molecule has 4 aromatic rings. The normalized spacial score (nSPS) is 10.7. The van der Waals surface area contributed by atoms with Gasteiger partial charge in [-0.25, -0.2) is 4.98 Å². The predicted octanol–water partition coefficient (Wildman–Crippen LogP) is 6.26. The van der Waals surface area contributed by atoms with Crippen molar-refractivity contribution in [3.8, 4) is 11.1 Å². The molecule has 1 heterocycles. The molecule has 4 N–H and O–H groups in total. The number of thiazole rings is 1. The van der Waals surface area contributed by atoms with Gasteiger partial charge < -0.3 is 16.4 Å². The summed E-state index contributed by atoms with van der Waals surface area (Å²) < 4.78 is 0. The lowest BCUT2D eigenvalue weighted by molar-refractivity contribution is 0.102. The van der Waals surface area contributed by atoms with Gasteiger partial charge in [-0.05, 0) is 60.5 Å². The Morgan fingerprint density at radius 2 is 1.75 bits per heavy atom. The second kappa shape index (κ2) is 9.85. The lowest BCUT2D eigenvalue weighted by Gasteiger charge is -2.12. The summed E-state index contributed by atoms with van der Waals surface area (Å²) in [6.07, 6.45) is 0.799. The Bertz CT molecular complexity index is 1220. The monoisotopic (exact) mass is 462 g/mol. The van der Waals surface area contributed by atoms with E-state index in [4.69, 9.17) is 17.3 Å². The van der Waals surface area contributed by atoms with E-state index in [0.29, 0.717) is 15.7 Å². The zero-order valence-electron chi connectivity index (χ0n) is 17.6. The number of carbonyl (C=O) groups is 1. The molecule has 7 heteroatoms. The van der Waals surface area contributed by atoms with Crippen LogP contribution < -0.4 is 16.4 Å². The number of amides is 1. The van der Waals surface area contributed by atoms with E-state index in [1.54, 1.807) is 0 Å². The molecule has 3 aromatic carbocycles. The van der Waals surface area contributed by atoms with Gasteiger partial charge in [-0.3, -0.25) is 4.79 Å². The van der Waals surface area contributed by atoms with Crippen molar-refractivity contribution < 1.29 is 4.79 Å². The van der Waals surface area contributed by atoms with Crippen LogP contribution in [-0.2, 0) is 6.42 Å². The molecule has 0 unspecified atom stereocenters. The largest absolute Gasteiger partial charge is 0.385 e. The SMILES string of the molecule is Cc1ccc(C(=O)Nc2ccc(NCCc3csc(N)n3)cc2)c(-c2ccc(Cl)cc2)c1. The molecule has 0 aliphatic carbocycles. The van der Waals surface area contributed by atoms with Crippen LogP contribution >= 0.6 is 22.9 Å². The number of rotatable bonds is 7. The van der Waals surface area contributed by atoms with E-state index in [2.05, 4.69) is 15.6 Å². The van der Waals surface area contributed by atoms with E-state index >= 15 is 0 Å².